The van der Waals surface area contributed by atoms with Crippen molar-refractivity contribution >= 4 is 5.69 Å². The van der Waals surface area contributed by atoms with Crippen LogP contribution in [0.5, 0.6) is 0 Å². The summed E-state index contributed by atoms with van der Waals surface area (Å²) in [7, 11) is 1.11. The van der Waals surface area contributed by atoms with Gasteiger partial charge in [0, 0.05) is 12.3 Å². The quantitative estimate of drug-likeness (QED) is 0.509. The first-order chi connectivity index (χ1) is 5.17. The highest BCUT2D eigenvalue weighted by Crippen LogP contribution is 2.16. The Balaban J connectivity index is 2.93. The van der Waals surface area contributed by atoms with Crippen LogP contribution in [0, 0.1) is 5.21 Å². The minimum Gasteiger partial charge on any atom is -0.559 e. The summed E-state index contributed by atoms with van der Waals surface area (Å²) in [4.78, 5) is 6.01. The van der Waals surface area contributed by atoms with Crippen molar-refractivity contribution in [3.8, 4) is 0 Å². The molecule has 0 spiro atoms. The van der Waals surface area contributed by atoms with Crippen LogP contribution < -0.4 is 4.97 Å². The van der Waals surface area contributed by atoms with Gasteiger partial charge in [0.05, 0.1) is 6.20 Å². The molecule has 0 saturated heterocycles. The van der Waals surface area contributed by atoms with Gasteiger partial charge in [0.2, 0.25) is 5.69 Å². The molecule has 0 radical (unpaired) electrons. The van der Waals surface area contributed by atoms with E-state index in [-0.39, 0.29) is 5.69 Å². The first kappa shape index (κ1) is 8.09. The van der Waals surface area contributed by atoms with Gasteiger partial charge in [0.15, 0.2) is 0 Å². The Hall–Kier alpha value is -1.01. The zero-order valence-electron chi connectivity index (χ0n) is 5.97. The Morgan fingerprint density at radius 2 is 2.45 bits per heavy atom. The molecule has 5 nitrogen and oxygen atoms in total. The van der Waals surface area contributed by atoms with Crippen molar-refractivity contribution in [1.82, 2.24) is 9.96 Å². The van der Waals surface area contributed by atoms with Crippen molar-refractivity contribution in [2.24, 2.45) is 0 Å². The number of aromatic nitrogens is 1. The topological polar surface area (TPSA) is 65.4 Å². The lowest BCUT2D eigenvalue weighted by molar-refractivity contribution is -0.274. The summed E-state index contributed by atoms with van der Waals surface area (Å²) in [5.41, 5.74) is 0.0370. The molecule has 1 heterocycles. The molecule has 1 rings (SSSR count). The number of quaternary nitrogens is 1. The highest BCUT2D eigenvalue weighted by atomic mass is 17.1. The molecule has 1 N–H and O–H groups in total. The van der Waals surface area contributed by atoms with Crippen molar-refractivity contribution in [2.75, 3.05) is 7.11 Å². The number of pyridine rings is 1. The first-order valence-corrected chi connectivity index (χ1v) is 2.96. The average Bonchev–Trinajstić information content (AvgIpc) is 2.06. The molecule has 0 aliphatic rings. The molecule has 0 saturated carbocycles. The van der Waals surface area contributed by atoms with Crippen molar-refractivity contribution in [3.05, 3.63) is 29.7 Å². The lowest BCUT2D eigenvalue weighted by Gasteiger charge is -2.26. The molecule has 5 heteroatoms. The number of hydrogen-bond donors (Lipinski definition) is 1. The molecule has 0 amide bonds. The SMILES string of the molecule is CO[N+]([O-])(O)c1cccnc1. The van der Waals surface area contributed by atoms with Crippen molar-refractivity contribution in [1.29, 1.82) is 0 Å². The van der Waals surface area contributed by atoms with E-state index in [0.29, 0.717) is 0 Å². The van der Waals surface area contributed by atoms with Crippen LogP contribution in [-0.2, 0) is 4.84 Å². The molecular weight excluding hydrogens is 148 g/mol. The summed E-state index contributed by atoms with van der Waals surface area (Å²) in [6, 6.07) is 2.96. The van der Waals surface area contributed by atoms with Gasteiger partial charge in [0.25, 0.3) is 0 Å². The van der Waals surface area contributed by atoms with Gasteiger partial charge in [-0.2, -0.15) is 10.0 Å². The van der Waals surface area contributed by atoms with E-state index in [9.17, 15) is 5.21 Å². The number of hydrogen-bond acceptors (Lipinski definition) is 4. The van der Waals surface area contributed by atoms with Gasteiger partial charge in [-0.05, 0) is 11.0 Å². The molecule has 60 valence electrons. The lowest BCUT2D eigenvalue weighted by atomic mass is 10.4. The molecule has 0 fully saturated rings. The zero-order valence-corrected chi connectivity index (χ0v) is 5.97. The Labute approximate surface area is 63.5 Å². The Morgan fingerprint density at radius 3 is 2.91 bits per heavy atom. The molecule has 1 aromatic rings. The van der Waals surface area contributed by atoms with Crippen molar-refractivity contribution in [2.45, 2.75) is 0 Å². The van der Waals surface area contributed by atoms with Gasteiger partial charge in [-0.25, -0.2) is 0 Å². The van der Waals surface area contributed by atoms with E-state index in [4.69, 9.17) is 5.21 Å². The third kappa shape index (κ3) is 1.72. The Kier molecular flexibility index (Phi) is 2.16. The van der Waals surface area contributed by atoms with E-state index in [2.05, 4.69) is 9.82 Å². The molecule has 0 aliphatic carbocycles. The normalized spacial score (nSPS) is 15.9. The van der Waals surface area contributed by atoms with Gasteiger partial charge < -0.3 is 5.21 Å². The van der Waals surface area contributed by atoms with Crippen LogP contribution in [0.25, 0.3) is 0 Å². The summed E-state index contributed by atoms with van der Waals surface area (Å²) >= 11 is 0. The number of nitrogens with zero attached hydrogens (tertiary/aromatic N) is 2. The van der Waals surface area contributed by atoms with Crippen LogP contribution in [0.2, 0.25) is 0 Å². The lowest BCUT2D eigenvalue weighted by Crippen LogP contribution is -2.37. The molecule has 1 atom stereocenters. The zero-order chi connectivity index (χ0) is 8.32. The van der Waals surface area contributed by atoms with Crippen LogP contribution in [0.4, 0.5) is 5.69 Å². The maximum absolute atomic E-state index is 10.9. The third-order valence-electron chi connectivity index (χ3n) is 1.22. The largest absolute Gasteiger partial charge is 0.559 e. The maximum Gasteiger partial charge on any atom is 0.218 e. The second kappa shape index (κ2) is 2.93. The van der Waals surface area contributed by atoms with E-state index >= 15 is 0 Å². The predicted octanol–water partition coefficient (Wildman–Crippen LogP) is 0.837. The van der Waals surface area contributed by atoms with Crippen LogP contribution in [0.3, 0.4) is 0 Å². The van der Waals surface area contributed by atoms with Crippen LogP contribution in [0.1, 0.15) is 0 Å². The maximum atomic E-state index is 10.9. The standard InChI is InChI=1S/C6H8N2O3/c1-11-8(9,10)6-3-2-4-7-5-6/h2-5,9H,1H3. The van der Waals surface area contributed by atoms with Gasteiger partial charge in [-0.1, -0.05) is 0 Å². The van der Waals surface area contributed by atoms with E-state index in [1.54, 1.807) is 0 Å². The highest BCUT2D eigenvalue weighted by molar-refractivity contribution is 5.35. The molecule has 1 aromatic heterocycles. The van der Waals surface area contributed by atoms with Crippen molar-refractivity contribution in [3.63, 3.8) is 0 Å². The molecule has 0 aromatic carbocycles. The summed E-state index contributed by atoms with van der Waals surface area (Å²) in [5.74, 6) is 0. The van der Waals surface area contributed by atoms with Gasteiger partial charge in [-0.3, -0.25) is 4.98 Å². The molecular formula is C6H8N2O3. The van der Waals surface area contributed by atoms with Crippen LogP contribution >= 0.6 is 0 Å². The third-order valence-corrected chi connectivity index (χ3v) is 1.22. The monoisotopic (exact) mass is 156 g/mol. The van der Waals surface area contributed by atoms with Crippen molar-refractivity contribution < 1.29 is 10.0 Å². The first-order valence-electron chi connectivity index (χ1n) is 2.96. The van der Waals surface area contributed by atoms with Crippen LogP contribution in [0.15, 0.2) is 24.5 Å². The predicted molar refractivity (Wildman–Crippen MR) is 38.2 cm³/mol. The molecule has 1 unspecified atom stereocenters. The summed E-state index contributed by atoms with van der Waals surface area (Å²) in [5, 5.41) is 19.8. The average molecular weight is 156 g/mol. The van der Waals surface area contributed by atoms with E-state index in [1.807, 2.05) is 0 Å². The van der Waals surface area contributed by atoms with E-state index < -0.39 is 4.97 Å². The second-order valence-corrected chi connectivity index (χ2v) is 1.91. The minimum atomic E-state index is -1.85. The fourth-order valence-corrected chi connectivity index (χ4v) is 0.626. The minimum absolute atomic E-state index is 0.0370. The van der Waals surface area contributed by atoms with Gasteiger partial charge in [-0.15, -0.1) is 0 Å². The summed E-state index contributed by atoms with van der Waals surface area (Å²) < 4.78 is 0. The fraction of sp³-hybridized carbons (Fsp3) is 0.167. The molecule has 11 heavy (non-hydrogen) atoms. The van der Waals surface area contributed by atoms with Gasteiger partial charge >= 0.3 is 0 Å². The fourth-order valence-electron chi connectivity index (χ4n) is 0.626. The van der Waals surface area contributed by atoms with Crippen LogP contribution in [-0.4, -0.2) is 17.3 Å². The van der Waals surface area contributed by atoms with E-state index in [0.717, 1.165) is 7.11 Å². The molecule has 0 aliphatic heterocycles. The second-order valence-electron chi connectivity index (χ2n) is 1.91. The van der Waals surface area contributed by atoms with Gasteiger partial charge in [0.1, 0.15) is 7.11 Å². The smallest absolute Gasteiger partial charge is 0.218 e. The number of rotatable bonds is 2. The highest BCUT2D eigenvalue weighted by Gasteiger charge is 2.17. The Bertz CT molecular complexity index is 225. The summed E-state index contributed by atoms with van der Waals surface area (Å²) in [6.45, 7) is 0. The molecule has 0 bridgehead atoms. The van der Waals surface area contributed by atoms with E-state index in [1.165, 1.54) is 24.5 Å². The Morgan fingerprint density at radius 1 is 1.73 bits per heavy atom. The summed E-state index contributed by atoms with van der Waals surface area (Å²) in [6.07, 6.45) is 2.73.